The number of ether oxygens (including phenoxy) is 2. The molecule has 3 fully saturated rings. The highest BCUT2D eigenvalue weighted by Crippen LogP contribution is 2.66. The van der Waals surface area contributed by atoms with Crippen LogP contribution in [-0.2, 0) is 9.47 Å². The van der Waals surface area contributed by atoms with E-state index in [2.05, 4.69) is 69.2 Å². The number of fused-ring (bicyclic) bond motifs is 2. The second kappa shape index (κ2) is 9.38. The van der Waals surface area contributed by atoms with Gasteiger partial charge in [0.15, 0.2) is 0 Å². The fourth-order valence-electron chi connectivity index (χ4n) is 6.29. The van der Waals surface area contributed by atoms with Crippen molar-refractivity contribution in [2.45, 2.75) is 132 Å². The smallest absolute Gasteiger partial charge is 0.0640 e. The summed E-state index contributed by atoms with van der Waals surface area (Å²) in [5.74, 6) is 3.31. The Morgan fingerprint density at radius 2 is 1.39 bits per heavy atom. The van der Waals surface area contributed by atoms with Crippen molar-refractivity contribution in [2.24, 2.45) is 34.5 Å². The maximum atomic E-state index is 6.08. The first-order valence-electron chi connectivity index (χ1n) is 12.2. The second-order valence-corrected chi connectivity index (χ2v) is 11.8. The van der Waals surface area contributed by atoms with E-state index in [1.165, 1.54) is 38.5 Å². The minimum atomic E-state index is 0.381. The molecule has 28 heavy (non-hydrogen) atoms. The normalized spacial score (nSPS) is 39.5. The van der Waals surface area contributed by atoms with Crippen LogP contribution in [0.3, 0.4) is 0 Å². The zero-order valence-electron chi connectivity index (χ0n) is 20.7. The fourth-order valence-corrected chi connectivity index (χ4v) is 6.29. The molecule has 0 amide bonds. The van der Waals surface area contributed by atoms with Crippen LogP contribution in [-0.4, -0.2) is 24.4 Å². The molecule has 0 aromatic rings. The summed E-state index contributed by atoms with van der Waals surface area (Å²) in [4.78, 5) is 0. The van der Waals surface area contributed by atoms with Crippen molar-refractivity contribution in [3.05, 3.63) is 0 Å². The first-order valence-corrected chi connectivity index (χ1v) is 12.2. The van der Waals surface area contributed by atoms with Crippen molar-refractivity contribution in [3.8, 4) is 0 Å². The van der Waals surface area contributed by atoms with Crippen LogP contribution in [0, 0.1) is 34.5 Å². The Balaban J connectivity index is 0.000000200. The van der Waals surface area contributed by atoms with Crippen molar-refractivity contribution in [1.82, 2.24) is 0 Å². The topological polar surface area (TPSA) is 18.5 Å². The van der Waals surface area contributed by atoms with E-state index in [4.69, 9.17) is 9.47 Å². The van der Waals surface area contributed by atoms with Gasteiger partial charge in [0.2, 0.25) is 0 Å². The molecule has 2 bridgehead atoms. The molecular weight excluding hydrogens is 344 g/mol. The molecule has 0 aliphatic heterocycles. The van der Waals surface area contributed by atoms with Crippen molar-refractivity contribution < 1.29 is 9.47 Å². The third-order valence-electron chi connectivity index (χ3n) is 8.56. The van der Waals surface area contributed by atoms with Crippen molar-refractivity contribution in [1.29, 1.82) is 0 Å². The molecule has 0 spiro atoms. The van der Waals surface area contributed by atoms with Crippen LogP contribution in [0.1, 0.15) is 108 Å². The van der Waals surface area contributed by atoms with Crippen LogP contribution in [0.4, 0.5) is 0 Å². The molecular formula is C26H50O2. The summed E-state index contributed by atoms with van der Waals surface area (Å²) in [7, 11) is 0. The minimum absolute atomic E-state index is 0.381. The Labute approximate surface area is 176 Å². The average molecular weight is 395 g/mol. The van der Waals surface area contributed by atoms with Crippen LogP contribution in [0.5, 0.6) is 0 Å². The highest BCUT2D eigenvalue weighted by Gasteiger charge is 2.61. The lowest BCUT2D eigenvalue weighted by Crippen LogP contribution is -2.38. The predicted molar refractivity (Wildman–Crippen MR) is 121 cm³/mol. The van der Waals surface area contributed by atoms with Gasteiger partial charge in [-0.1, -0.05) is 48.0 Å². The first kappa shape index (κ1) is 24.2. The quantitative estimate of drug-likeness (QED) is 0.480. The summed E-state index contributed by atoms with van der Waals surface area (Å²) in [5, 5.41) is 0. The molecule has 0 aromatic carbocycles. The van der Waals surface area contributed by atoms with Gasteiger partial charge in [-0.05, 0) is 94.3 Å². The Kier molecular flexibility index (Phi) is 8.10. The van der Waals surface area contributed by atoms with E-state index in [1.807, 2.05) is 0 Å². The maximum absolute atomic E-state index is 6.08. The highest BCUT2D eigenvalue weighted by atomic mass is 16.5. The van der Waals surface area contributed by atoms with Crippen LogP contribution in [0.25, 0.3) is 0 Å². The van der Waals surface area contributed by atoms with Gasteiger partial charge >= 0.3 is 0 Å². The van der Waals surface area contributed by atoms with Gasteiger partial charge in [-0.15, -0.1) is 0 Å². The molecule has 0 aromatic heterocycles. The van der Waals surface area contributed by atoms with Gasteiger partial charge in [-0.2, -0.15) is 0 Å². The zero-order chi connectivity index (χ0) is 21.3. The summed E-state index contributed by atoms with van der Waals surface area (Å²) >= 11 is 0. The molecule has 3 aliphatic carbocycles. The lowest BCUT2D eigenvalue weighted by Gasteiger charge is -2.39. The predicted octanol–water partition coefficient (Wildman–Crippen LogP) is 7.50. The molecule has 2 nitrogen and oxygen atoms in total. The molecule has 0 N–H and O–H groups in total. The van der Waals surface area contributed by atoms with Gasteiger partial charge in [0.1, 0.15) is 0 Å². The summed E-state index contributed by atoms with van der Waals surface area (Å²) in [5.41, 5.74) is 0.925. The van der Waals surface area contributed by atoms with E-state index in [9.17, 15) is 0 Å². The van der Waals surface area contributed by atoms with Crippen LogP contribution < -0.4 is 0 Å². The van der Waals surface area contributed by atoms with Gasteiger partial charge in [-0.3, -0.25) is 0 Å². The van der Waals surface area contributed by atoms with E-state index in [1.54, 1.807) is 0 Å². The molecule has 3 rings (SSSR count). The highest BCUT2D eigenvalue weighted by molar-refractivity contribution is 5.11. The average Bonchev–Trinajstić information content (AvgIpc) is 2.87. The molecule has 2 heteroatoms. The largest absolute Gasteiger partial charge is 0.375 e. The molecule has 0 heterocycles. The minimum Gasteiger partial charge on any atom is -0.375 e. The Morgan fingerprint density at radius 3 is 1.82 bits per heavy atom. The van der Waals surface area contributed by atoms with E-state index in [0.717, 1.165) is 23.7 Å². The van der Waals surface area contributed by atoms with Crippen LogP contribution >= 0.6 is 0 Å². The molecule has 0 radical (unpaired) electrons. The number of hydrogen-bond acceptors (Lipinski definition) is 2. The third kappa shape index (κ3) is 5.15. The first-order chi connectivity index (χ1) is 12.9. The molecule has 166 valence electrons. The second-order valence-electron chi connectivity index (χ2n) is 11.8. The van der Waals surface area contributed by atoms with Crippen molar-refractivity contribution in [2.75, 3.05) is 0 Å². The summed E-state index contributed by atoms with van der Waals surface area (Å²) in [6.45, 7) is 22.9. The number of hydrogen-bond donors (Lipinski definition) is 0. The van der Waals surface area contributed by atoms with Gasteiger partial charge in [-0.25, -0.2) is 0 Å². The Morgan fingerprint density at radius 1 is 0.786 bits per heavy atom. The Bertz CT molecular complexity index is 479. The summed E-state index contributed by atoms with van der Waals surface area (Å²) in [6, 6.07) is 0. The molecule has 6 unspecified atom stereocenters. The molecule has 6 atom stereocenters. The van der Waals surface area contributed by atoms with E-state index in [-0.39, 0.29) is 0 Å². The zero-order valence-corrected chi connectivity index (χ0v) is 20.7. The SMILES string of the molecule is CC(C)OC1CC2CCC1(C)C2(C)C.CC1CCC(C(C)C)C(OC(C)C)C1. The summed E-state index contributed by atoms with van der Waals surface area (Å²) < 4.78 is 12.1. The van der Waals surface area contributed by atoms with Crippen LogP contribution in [0.15, 0.2) is 0 Å². The third-order valence-corrected chi connectivity index (χ3v) is 8.56. The summed E-state index contributed by atoms with van der Waals surface area (Å²) in [6.07, 6.45) is 9.87. The number of rotatable bonds is 5. The fraction of sp³-hybridized carbons (Fsp3) is 1.00. The molecule has 3 aliphatic rings. The molecule has 0 saturated heterocycles. The van der Waals surface area contributed by atoms with E-state index >= 15 is 0 Å². The van der Waals surface area contributed by atoms with Gasteiger partial charge < -0.3 is 9.47 Å². The van der Waals surface area contributed by atoms with Crippen molar-refractivity contribution >= 4 is 0 Å². The monoisotopic (exact) mass is 394 g/mol. The van der Waals surface area contributed by atoms with Crippen molar-refractivity contribution in [3.63, 3.8) is 0 Å². The van der Waals surface area contributed by atoms with Crippen LogP contribution in [0.2, 0.25) is 0 Å². The Hall–Kier alpha value is -0.0800. The maximum Gasteiger partial charge on any atom is 0.0640 e. The lowest BCUT2D eigenvalue weighted by molar-refractivity contribution is -0.0740. The van der Waals surface area contributed by atoms with Gasteiger partial charge in [0, 0.05) is 0 Å². The standard InChI is InChI=1S/C13H24O.C13H26O/c1-9(2)14-11-8-10-6-7-13(11,5)12(10,3)4;1-9(2)12-7-6-11(5)8-13(12)14-10(3)4/h9-11H,6-8H2,1-5H3;9-13H,6-8H2,1-5H3. The van der Waals surface area contributed by atoms with Gasteiger partial charge in [0.05, 0.1) is 24.4 Å². The lowest BCUT2D eigenvalue weighted by atomic mass is 9.70. The molecule has 3 saturated carbocycles. The van der Waals surface area contributed by atoms with E-state index in [0.29, 0.717) is 35.2 Å². The van der Waals surface area contributed by atoms with Gasteiger partial charge in [0.25, 0.3) is 0 Å². The van der Waals surface area contributed by atoms with E-state index < -0.39 is 0 Å².